The largest absolute Gasteiger partial charge is 0.465 e. The Hall–Kier alpha value is -1.68. The molecule has 2 N–H and O–H groups in total. The van der Waals surface area contributed by atoms with Crippen LogP contribution in [0, 0.1) is 5.82 Å². The van der Waals surface area contributed by atoms with Crippen LogP contribution in [0.2, 0.25) is 0 Å². The third-order valence-corrected chi connectivity index (χ3v) is 2.51. The zero-order valence-corrected chi connectivity index (χ0v) is 10.5. The predicted molar refractivity (Wildman–Crippen MR) is 68.7 cm³/mol. The van der Waals surface area contributed by atoms with E-state index in [0.717, 1.165) is 0 Å². The van der Waals surface area contributed by atoms with Crippen molar-refractivity contribution in [2.75, 3.05) is 0 Å². The smallest absolute Gasteiger partial charge is 0.235 e. The highest BCUT2D eigenvalue weighted by atomic mass is 19.1. The van der Waals surface area contributed by atoms with Gasteiger partial charge in [0.2, 0.25) is 6.36 Å². The molecule has 1 rings (SSSR count). The summed E-state index contributed by atoms with van der Waals surface area (Å²) in [6.07, 6.45) is -0.0168. The van der Waals surface area contributed by atoms with Gasteiger partial charge >= 0.3 is 0 Å². The number of rotatable bonds is 5. The van der Waals surface area contributed by atoms with Crippen molar-refractivity contribution in [2.24, 2.45) is 5.73 Å². The summed E-state index contributed by atoms with van der Waals surface area (Å²) in [5, 5.41) is 0. The number of nitrogens with two attached hydrogens (primary N) is 1. The third kappa shape index (κ3) is 3.17. The van der Waals surface area contributed by atoms with Crippen LogP contribution in [0.3, 0.4) is 0 Å². The van der Waals surface area contributed by atoms with Crippen molar-refractivity contribution < 1.29 is 13.5 Å². The number of hydrogen-bond acceptors (Lipinski definition) is 2. The van der Waals surface area contributed by atoms with Gasteiger partial charge in [0.15, 0.2) is 0 Å². The Labute approximate surface area is 106 Å². The van der Waals surface area contributed by atoms with E-state index in [1.165, 1.54) is 13.0 Å². The fourth-order valence-electron chi connectivity index (χ4n) is 1.70. The van der Waals surface area contributed by atoms with Crippen LogP contribution in [0.25, 0.3) is 5.57 Å². The Kier molecular flexibility index (Phi) is 5.04. The second-order valence-electron chi connectivity index (χ2n) is 3.82. The predicted octanol–water partition coefficient (Wildman–Crippen LogP) is 3.53. The first-order valence-corrected chi connectivity index (χ1v) is 5.63. The van der Waals surface area contributed by atoms with Gasteiger partial charge in [-0.2, -0.15) is 0 Å². The van der Waals surface area contributed by atoms with E-state index >= 15 is 0 Å². The molecule has 0 aliphatic heterocycles. The summed E-state index contributed by atoms with van der Waals surface area (Å²) in [6.45, 7) is 6.54. The molecule has 4 heteroatoms. The number of benzene rings is 1. The molecule has 1 aromatic rings. The Morgan fingerprint density at radius 1 is 1.56 bits per heavy atom. The molecule has 1 atom stereocenters. The van der Waals surface area contributed by atoms with E-state index in [2.05, 4.69) is 6.58 Å². The van der Waals surface area contributed by atoms with E-state index in [1.807, 2.05) is 0 Å². The zero-order chi connectivity index (χ0) is 13.7. The number of ether oxygens (including phenoxy) is 1. The molecular weight excluding hydrogens is 236 g/mol. The van der Waals surface area contributed by atoms with Crippen LogP contribution >= 0.6 is 0 Å². The first-order chi connectivity index (χ1) is 8.51. The summed E-state index contributed by atoms with van der Waals surface area (Å²) >= 11 is 0. The van der Waals surface area contributed by atoms with Gasteiger partial charge in [0.05, 0.1) is 0 Å². The van der Waals surface area contributed by atoms with Crippen molar-refractivity contribution in [3.8, 4) is 0 Å². The van der Waals surface area contributed by atoms with Crippen molar-refractivity contribution in [1.82, 2.24) is 0 Å². The van der Waals surface area contributed by atoms with E-state index in [4.69, 9.17) is 10.5 Å². The number of alkyl halides is 1. The lowest BCUT2D eigenvalue weighted by Crippen LogP contribution is -2.04. The average molecular weight is 253 g/mol. The van der Waals surface area contributed by atoms with Gasteiger partial charge < -0.3 is 10.5 Å². The molecule has 0 heterocycles. The summed E-state index contributed by atoms with van der Waals surface area (Å²) < 4.78 is 31.8. The van der Waals surface area contributed by atoms with Crippen molar-refractivity contribution in [1.29, 1.82) is 0 Å². The Morgan fingerprint density at radius 2 is 2.22 bits per heavy atom. The lowest BCUT2D eigenvalue weighted by atomic mass is 10.0. The minimum Gasteiger partial charge on any atom is -0.465 e. The van der Waals surface area contributed by atoms with E-state index in [9.17, 15) is 8.78 Å². The zero-order valence-electron chi connectivity index (χ0n) is 10.5. The van der Waals surface area contributed by atoms with E-state index < -0.39 is 12.2 Å². The SMILES string of the molecule is C=C/C(=C(\C)OC(C)F)c1cccc(CN)c1F. The van der Waals surface area contributed by atoms with Gasteiger partial charge in [-0.15, -0.1) is 0 Å². The minimum absolute atomic E-state index is 0.101. The first kappa shape index (κ1) is 14.4. The molecule has 2 nitrogen and oxygen atoms in total. The van der Waals surface area contributed by atoms with Gasteiger partial charge in [0, 0.05) is 30.2 Å². The molecule has 0 amide bonds. The number of allylic oxidation sites excluding steroid dienone is 3. The van der Waals surface area contributed by atoms with E-state index in [-0.39, 0.29) is 12.3 Å². The lowest BCUT2D eigenvalue weighted by molar-refractivity contribution is 0.0242. The third-order valence-electron chi connectivity index (χ3n) is 2.51. The van der Waals surface area contributed by atoms with Crippen molar-refractivity contribution in [3.63, 3.8) is 0 Å². The first-order valence-electron chi connectivity index (χ1n) is 5.63. The van der Waals surface area contributed by atoms with Crippen LogP contribution in [0.4, 0.5) is 8.78 Å². The van der Waals surface area contributed by atoms with Gasteiger partial charge in [0.25, 0.3) is 0 Å². The molecular formula is C14H17F2NO. The summed E-state index contributed by atoms with van der Waals surface area (Å²) in [4.78, 5) is 0. The molecule has 0 saturated carbocycles. The highest BCUT2D eigenvalue weighted by Crippen LogP contribution is 2.26. The molecule has 0 bridgehead atoms. The normalized spacial score (nSPS) is 13.8. The summed E-state index contributed by atoms with van der Waals surface area (Å²) in [7, 11) is 0. The van der Waals surface area contributed by atoms with Gasteiger partial charge in [-0.25, -0.2) is 8.78 Å². The summed E-state index contributed by atoms with van der Waals surface area (Å²) in [5.74, 6) is -0.141. The average Bonchev–Trinajstić information content (AvgIpc) is 2.31. The Balaban J connectivity index is 3.29. The van der Waals surface area contributed by atoms with Crippen LogP contribution in [0.15, 0.2) is 36.6 Å². The molecule has 0 fully saturated rings. The number of hydrogen-bond donors (Lipinski definition) is 1. The maximum absolute atomic E-state index is 14.1. The molecule has 0 aromatic heterocycles. The second kappa shape index (κ2) is 6.31. The van der Waals surface area contributed by atoms with Crippen LogP contribution in [0.5, 0.6) is 0 Å². The fraction of sp³-hybridized carbons (Fsp3) is 0.286. The lowest BCUT2D eigenvalue weighted by Gasteiger charge is -2.13. The van der Waals surface area contributed by atoms with E-state index in [0.29, 0.717) is 16.7 Å². The van der Waals surface area contributed by atoms with Gasteiger partial charge in [-0.05, 0) is 6.92 Å². The maximum Gasteiger partial charge on any atom is 0.235 e. The van der Waals surface area contributed by atoms with Gasteiger partial charge in [-0.3, -0.25) is 0 Å². The molecule has 98 valence electrons. The molecule has 0 aliphatic carbocycles. The molecule has 1 unspecified atom stereocenters. The molecule has 1 aromatic carbocycles. The maximum atomic E-state index is 14.1. The topological polar surface area (TPSA) is 35.2 Å². The van der Waals surface area contributed by atoms with Crippen LogP contribution in [-0.4, -0.2) is 6.36 Å². The summed E-state index contributed by atoms with van der Waals surface area (Å²) in [5.41, 5.74) is 6.58. The van der Waals surface area contributed by atoms with E-state index in [1.54, 1.807) is 25.1 Å². The van der Waals surface area contributed by atoms with Gasteiger partial charge in [0.1, 0.15) is 11.6 Å². The quantitative estimate of drug-likeness (QED) is 0.643. The molecule has 0 radical (unpaired) electrons. The highest BCUT2D eigenvalue weighted by Gasteiger charge is 2.13. The van der Waals surface area contributed by atoms with Crippen molar-refractivity contribution in [3.05, 3.63) is 53.6 Å². The Bertz CT molecular complexity index is 467. The fourth-order valence-corrected chi connectivity index (χ4v) is 1.70. The van der Waals surface area contributed by atoms with Crippen LogP contribution in [-0.2, 0) is 11.3 Å². The second-order valence-corrected chi connectivity index (χ2v) is 3.82. The standard InChI is InChI=1S/C14H17F2NO/c1-4-12(9(2)18-10(3)15)13-7-5-6-11(8-17)14(13)16/h4-7,10H,1,8,17H2,2-3H3/b12-9-. The van der Waals surface area contributed by atoms with Crippen molar-refractivity contribution >= 4 is 5.57 Å². The van der Waals surface area contributed by atoms with Gasteiger partial charge in [-0.1, -0.05) is 30.9 Å². The molecule has 18 heavy (non-hydrogen) atoms. The minimum atomic E-state index is -1.46. The number of halogens is 2. The molecule has 0 saturated heterocycles. The highest BCUT2D eigenvalue weighted by molar-refractivity contribution is 5.75. The van der Waals surface area contributed by atoms with Crippen molar-refractivity contribution in [2.45, 2.75) is 26.7 Å². The Morgan fingerprint density at radius 3 is 2.72 bits per heavy atom. The van der Waals surface area contributed by atoms with Crippen LogP contribution < -0.4 is 5.73 Å². The molecule has 0 aliphatic rings. The monoisotopic (exact) mass is 253 g/mol. The summed E-state index contributed by atoms with van der Waals surface area (Å²) in [6, 6.07) is 4.88. The molecule has 0 spiro atoms. The van der Waals surface area contributed by atoms with Crippen LogP contribution in [0.1, 0.15) is 25.0 Å².